The van der Waals surface area contributed by atoms with Gasteiger partial charge in [-0.2, -0.15) is 0 Å². The van der Waals surface area contributed by atoms with Crippen LogP contribution in [0.25, 0.3) is 89.4 Å². The minimum atomic E-state index is 0.163. The summed E-state index contributed by atoms with van der Waals surface area (Å²) < 4.78 is 0. The summed E-state index contributed by atoms with van der Waals surface area (Å²) in [5.74, 6) is 0.328. The Balaban J connectivity index is 1.21. The number of allylic oxidation sites excluding steroid dienone is 2. The largest absolute Gasteiger partial charge is 0.248 e. The van der Waals surface area contributed by atoms with E-state index in [1.807, 2.05) is 0 Å². The number of hydrogen-bond donors (Lipinski definition) is 0. The molecule has 2 bridgehead atoms. The molecule has 0 amide bonds. The van der Waals surface area contributed by atoms with E-state index in [1.165, 1.54) is 87.8 Å². The molecule has 0 saturated carbocycles. The number of pyridine rings is 2. The standard InChI is InChI=1S/C57H44N2/c1-4-35(3)32-48-50(5-2)58-56(41-25-20-38(21-26-41)36-14-8-6-9-15-36)54-46-31-30-45(52(48)54)55-53(46)49-33-43-29-24-40-18-12-13-19-44(40)47(43)34-51(49)59-57(55)42-27-22-39(23-28-42)37-16-10-7-11-17-37/h4-29,32-34,45-46H,30-31H2,1-3H3. The Labute approximate surface area is 345 Å². The van der Waals surface area contributed by atoms with Crippen molar-refractivity contribution < 1.29 is 0 Å². The molecule has 3 aliphatic rings. The van der Waals surface area contributed by atoms with Crippen molar-refractivity contribution in [3.05, 3.63) is 202 Å². The van der Waals surface area contributed by atoms with E-state index in [9.17, 15) is 0 Å². The molecule has 0 N–H and O–H groups in total. The quantitative estimate of drug-likeness (QED) is 0.129. The topological polar surface area (TPSA) is 25.8 Å². The van der Waals surface area contributed by atoms with E-state index < -0.39 is 0 Å². The fraction of sp³-hybridized carbons (Fsp3) is 0.123. The summed E-state index contributed by atoms with van der Waals surface area (Å²) in [5.41, 5.74) is 17.3. The summed E-state index contributed by atoms with van der Waals surface area (Å²) in [7, 11) is 0. The van der Waals surface area contributed by atoms with Gasteiger partial charge in [0.15, 0.2) is 0 Å². The second kappa shape index (κ2) is 14.2. The molecule has 3 aliphatic carbocycles. The van der Waals surface area contributed by atoms with Crippen molar-refractivity contribution in [1.82, 2.24) is 9.97 Å². The predicted octanol–water partition coefficient (Wildman–Crippen LogP) is 13.5. The van der Waals surface area contributed by atoms with Gasteiger partial charge in [0.2, 0.25) is 0 Å². The van der Waals surface area contributed by atoms with Gasteiger partial charge in [0, 0.05) is 33.6 Å². The maximum Gasteiger partial charge on any atom is 0.0750 e. The zero-order chi connectivity index (χ0) is 39.6. The van der Waals surface area contributed by atoms with E-state index >= 15 is 0 Å². The van der Waals surface area contributed by atoms with Crippen molar-refractivity contribution >= 4 is 44.6 Å². The van der Waals surface area contributed by atoms with Crippen LogP contribution >= 0.6 is 0 Å². The molecule has 0 radical (unpaired) electrons. The van der Waals surface area contributed by atoms with E-state index in [4.69, 9.17) is 9.97 Å². The molecule has 2 heterocycles. The summed E-state index contributed by atoms with van der Waals surface area (Å²) in [6.07, 6.45) is 8.94. The number of aromatic nitrogens is 2. The van der Waals surface area contributed by atoms with Crippen LogP contribution in [-0.2, 0) is 0 Å². The number of hydrogen-bond acceptors (Lipinski definition) is 2. The van der Waals surface area contributed by atoms with Crippen LogP contribution in [0.1, 0.15) is 67.7 Å². The summed E-state index contributed by atoms with van der Waals surface area (Å²) in [6, 6.07) is 57.7. The third kappa shape index (κ3) is 5.77. The van der Waals surface area contributed by atoms with Crippen molar-refractivity contribution in [1.29, 1.82) is 0 Å². The van der Waals surface area contributed by atoms with Crippen molar-refractivity contribution in [2.24, 2.45) is 0 Å². The van der Waals surface area contributed by atoms with Crippen LogP contribution in [0.5, 0.6) is 0 Å². The smallest absolute Gasteiger partial charge is 0.0750 e. The number of rotatable bonds is 5. The Morgan fingerprint density at radius 3 is 1.63 bits per heavy atom. The SMILES string of the molecule is CC=C(C)C=c1c2c(c(-c3ccc(-c4ccccc4)cc3)nc1=CC)C1CCC2c2c(-c3ccc(-c4ccccc4)cc3)nc3cc4c(ccc5ccccc54)cc3c21. The van der Waals surface area contributed by atoms with Crippen LogP contribution < -0.4 is 10.6 Å². The zero-order valence-corrected chi connectivity index (χ0v) is 33.7. The first-order chi connectivity index (χ1) is 29.1. The lowest BCUT2D eigenvalue weighted by molar-refractivity contribution is 0.518. The van der Waals surface area contributed by atoms with Gasteiger partial charge in [-0.15, -0.1) is 0 Å². The minimum absolute atomic E-state index is 0.163. The highest BCUT2D eigenvalue weighted by molar-refractivity contribution is 6.12. The summed E-state index contributed by atoms with van der Waals surface area (Å²) >= 11 is 0. The molecule has 0 fully saturated rings. The molecule has 7 aromatic carbocycles. The second-order valence-corrected chi connectivity index (χ2v) is 16.3. The van der Waals surface area contributed by atoms with Gasteiger partial charge in [0.05, 0.1) is 22.3 Å². The van der Waals surface area contributed by atoms with Gasteiger partial charge in [0.25, 0.3) is 0 Å². The van der Waals surface area contributed by atoms with Gasteiger partial charge < -0.3 is 0 Å². The van der Waals surface area contributed by atoms with Gasteiger partial charge in [-0.3, -0.25) is 0 Å². The molecular formula is C57H44N2. The maximum absolute atomic E-state index is 5.73. The molecule has 2 nitrogen and oxygen atoms in total. The zero-order valence-electron chi connectivity index (χ0n) is 33.7. The Hall–Kier alpha value is -6.90. The van der Waals surface area contributed by atoms with Crippen LogP contribution in [0.4, 0.5) is 0 Å². The van der Waals surface area contributed by atoms with E-state index in [2.05, 4.69) is 197 Å². The van der Waals surface area contributed by atoms with Crippen LogP contribution in [0, 0.1) is 0 Å². The fourth-order valence-corrected chi connectivity index (χ4v) is 10.1. The molecule has 2 heteroatoms. The Kier molecular flexibility index (Phi) is 8.48. The fourth-order valence-electron chi connectivity index (χ4n) is 10.1. The molecule has 2 unspecified atom stereocenters. The molecule has 9 aromatic rings. The highest BCUT2D eigenvalue weighted by atomic mass is 14.7. The summed E-state index contributed by atoms with van der Waals surface area (Å²) in [5, 5.41) is 8.57. The molecular weight excluding hydrogens is 713 g/mol. The lowest BCUT2D eigenvalue weighted by Crippen LogP contribution is -2.41. The lowest BCUT2D eigenvalue weighted by atomic mass is 9.61. The van der Waals surface area contributed by atoms with Gasteiger partial charge in [-0.25, -0.2) is 9.97 Å². The third-order valence-electron chi connectivity index (χ3n) is 13.0. The Morgan fingerprint density at radius 2 is 1.00 bits per heavy atom. The first-order valence-electron chi connectivity index (χ1n) is 21.0. The molecule has 12 rings (SSSR count). The highest BCUT2D eigenvalue weighted by Crippen LogP contribution is 2.57. The average molecular weight is 757 g/mol. The van der Waals surface area contributed by atoms with E-state index in [-0.39, 0.29) is 11.8 Å². The second-order valence-electron chi connectivity index (χ2n) is 16.3. The number of benzene rings is 7. The van der Waals surface area contributed by atoms with Gasteiger partial charge in [0.1, 0.15) is 0 Å². The molecule has 59 heavy (non-hydrogen) atoms. The highest BCUT2D eigenvalue weighted by Gasteiger charge is 2.43. The van der Waals surface area contributed by atoms with Crippen molar-refractivity contribution in [3.8, 4) is 44.8 Å². The average Bonchev–Trinajstić information content (AvgIpc) is 3.31. The van der Waals surface area contributed by atoms with Gasteiger partial charge >= 0.3 is 0 Å². The lowest BCUT2D eigenvalue weighted by Gasteiger charge is -2.43. The van der Waals surface area contributed by atoms with Crippen molar-refractivity contribution in [2.75, 3.05) is 0 Å². The van der Waals surface area contributed by atoms with E-state index in [1.54, 1.807) is 0 Å². The van der Waals surface area contributed by atoms with Gasteiger partial charge in [-0.05, 0) is 118 Å². The molecule has 2 atom stereocenters. The predicted molar refractivity (Wildman–Crippen MR) is 249 cm³/mol. The van der Waals surface area contributed by atoms with Crippen molar-refractivity contribution in [3.63, 3.8) is 0 Å². The molecule has 0 spiro atoms. The monoisotopic (exact) mass is 756 g/mol. The molecule has 0 saturated heterocycles. The molecule has 282 valence electrons. The van der Waals surface area contributed by atoms with E-state index in [0.717, 1.165) is 40.7 Å². The first kappa shape index (κ1) is 35.3. The van der Waals surface area contributed by atoms with Crippen LogP contribution in [-0.4, -0.2) is 9.97 Å². The number of nitrogens with zero attached hydrogens (tertiary/aromatic N) is 2. The summed E-state index contributed by atoms with van der Waals surface area (Å²) in [4.78, 5) is 11.3. The van der Waals surface area contributed by atoms with Crippen LogP contribution in [0.3, 0.4) is 0 Å². The van der Waals surface area contributed by atoms with Crippen LogP contribution in [0.2, 0.25) is 0 Å². The summed E-state index contributed by atoms with van der Waals surface area (Å²) in [6.45, 7) is 6.48. The minimum Gasteiger partial charge on any atom is -0.248 e. The normalized spacial score (nSPS) is 16.6. The van der Waals surface area contributed by atoms with Gasteiger partial charge in [-0.1, -0.05) is 163 Å². The van der Waals surface area contributed by atoms with E-state index in [0.29, 0.717) is 0 Å². The Morgan fingerprint density at radius 1 is 0.475 bits per heavy atom. The third-order valence-corrected chi connectivity index (χ3v) is 13.0. The molecule has 2 aromatic heterocycles. The number of fused-ring (bicyclic) bond motifs is 5. The maximum atomic E-state index is 5.73. The van der Waals surface area contributed by atoms with Crippen molar-refractivity contribution in [2.45, 2.75) is 45.4 Å². The molecule has 0 aliphatic heterocycles. The first-order valence-corrected chi connectivity index (χ1v) is 21.0. The van der Waals surface area contributed by atoms with Crippen LogP contribution in [0.15, 0.2) is 169 Å². The Bertz CT molecular complexity index is 3270.